The number of aliphatic hydroxyl groups excluding tert-OH is 1. The molecule has 0 amide bonds. The number of hydrogen-bond donors (Lipinski definition) is 2. The van der Waals surface area contributed by atoms with Crippen molar-refractivity contribution in [2.45, 2.75) is 96.3 Å². The minimum absolute atomic E-state index is 0.0830. The summed E-state index contributed by atoms with van der Waals surface area (Å²) in [6.45, 7) is 5.97. The summed E-state index contributed by atoms with van der Waals surface area (Å²) in [6, 6.07) is 9.89. The third kappa shape index (κ3) is 6.89. The van der Waals surface area contributed by atoms with Crippen LogP contribution in [0.5, 0.6) is 5.75 Å². The number of ether oxygens (including phenoxy) is 1. The van der Waals surface area contributed by atoms with Crippen LogP contribution in [0.25, 0.3) is 0 Å². The van der Waals surface area contributed by atoms with Crippen LogP contribution in [0.15, 0.2) is 24.3 Å². The molecule has 3 fully saturated rings. The third-order valence-corrected chi connectivity index (χ3v) is 8.83. The van der Waals surface area contributed by atoms with Crippen LogP contribution in [0, 0.1) is 30.6 Å². The smallest absolute Gasteiger partial charge is 0.170 e. The number of benzene rings is 1. The van der Waals surface area contributed by atoms with Crippen LogP contribution in [-0.2, 0) is 0 Å². The van der Waals surface area contributed by atoms with E-state index in [2.05, 4.69) is 21.2 Å². The molecule has 8 nitrogen and oxygen atoms in total. The highest BCUT2D eigenvalue weighted by Crippen LogP contribution is 2.45. The highest BCUT2D eigenvalue weighted by Gasteiger charge is 2.37. The third-order valence-electron chi connectivity index (χ3n) is 8.83. The van der Waals surface area contributed by atoms with E-state index in [0.717, 1.165) is 112 Å². The molecule has 2 aliphatic carbocycles. The van der Waals surface area contributed by atoms with Crippen LogP contribution in [-0.4, -0.2) is 52.9 Å². The maximum Gasteiger partial charge on any atom is 0.170 e. The Hall–Kier alpha value is -3.02. The van der Waals surface area contributed by atoms with Crippen LogP contribution < -0.4 is 15.4 Å². The number of carbonyl (C=O) groups is 1. The molecule has 38 heavy (non-hydrogen) atoms. The molecule has 0 unspecified atom stereocenters. The second kappa shape index (κ2) is 12.7. The van der Waals surface area contributed by atoms with Crippen molar-refractivity contribution in [3.63, 3.8) is 0 Å². The molecule has 3 N–H and O–H groups in total. The zero-order valence-corrected chi connectivity index (χ0v) is 22.7. The maximum absolute atomic E-state index is 10.6. The molecular formula is C30H41N5O3. The Balaban J connectivity index is 0.000000178. The summed E-state index contributed by atoms with van der Waals surface area (Å²) in [5, 5.41) is 26.6. The van der Waals surface area contributed by atoms with E-state index >= 15 is 0 Å². The molecule has 2 saturated carbocycles. The van der Waals surface area contributed by atoms with Gasteiger partial charge in [0.05, 0.1) is 23.8 Å². The number of rotatable bonds is 4. The molecule has 0 bridgehead atoms. The fourth-order valence-electron chi connectivity index (χ4n) is 5.92. The molecule has 2 aromatic rings. The molecule has 8 heteroatoms. The largest absolute Gasteiger partial charge is 0.490 e. The molecule has 5 rings (SSSR count). The Morgan fingerprint density at radius 1 is 1.00 bits per heavy atom. The number of aromatic nitrogens is 2. The summed E-state index contributed by atoms with van der Waals surface area (Å²) in [7, 11) is 0. The van der Waals surface area contributed by atoms with Gasteiger partial charge >= 0.3 is 0 Å². The molecule has 1 aliphatic heterocycles. The van der Waals surface area contributed by atoms with Gasteiger partial charge in [0.25, 0.3) is 0 Å². The summed E-state index contributed by atoms with van der Waals surface area (Å²) in [5.74, 6) is 1.77. The summed E-state index contributed by atoms with van der Waals surface area (Å²) in [6.07, 6.45) is 11.6. The molecule has 2 heterocycles. The number of aliphatic hydroxyl groups is 1. The van der Waals surface area contributed by atoms with E-state index in [1.165, 1.54) is 0 Å². The predicted molar refractivity (Wildman–Crippen MR) is 147 cm³/mol. The normalized spacial score (nSPS) is 23.2. The predicted octanol–water partition coefficient (Wildman–Crippen LogP) is 4.63. The quantitative estimate of drug-likeness (QED) is 0.560. The molecule has 1 saturated heterocycles. The van der Waals surface area contributed by atoms with Crippen LogP contribution >= 0.6 is 0 Å². The number of nitrogens with two attached hydrogens (primary N) is 1. The van der Waals surface area contributed by atoms with E-state index in [-0.39, 0.29) is 12.2 Å². The first-order valence-corrected chi connectivity index (χ1v) is 14.0. The Morgan fingerprint density at radius 2 is 1.68 bits per heavy atom. The number of carbonyl (C=O) groups excluding carboxylic acids is 1. The molecule has 1 aromatic heterocycles. The second-order valence-corrected chi connectivity index (χ2v) is 11.3. The number of nitrogens with zero attached hydrogens (tertiary/aromatic N) is 4. The van der Waals surface area contributed by atoms with Crippen LogP contribution in [0.1, 0.15) is 91.4 Å². The lowest BCUT2D eigenvalue weighted by atomic mass is 9.67. The van der Waals surface area contributed by atoms with Gasteiger partial charge in [-0.2, -0.15) is 5.26 Å². The van der Waals surface area contributed by atoms with Crippen molar-refractivity contribution in [2.75, 3.05) is 18.0 Å². The molecule has 1 aromatic carbocycles. The standard InChI is InChI=1S/C15H21N3O2.C15H20N2O/c19-11-12-1-2-14(17-16-12)18-9-7-15(8-10-18)5-3-13(20)4-6-15;1-10-11(2)15(8-3-12(10)9-16)18-14-6-4-13(17)5-7-14/h1-2,11,13,20H,3-10H2;3,8,13-14H,4-7,17H2,1-2H3. The first-order valence-electron chi connectivity index (χ1n) is 14.0. The van der Waals surface area contributed by atoms with Crippen molar-refractivity contribution >= 4 is 12.1 Å². The number of hydrogen-bond acceptors (Lipinski definition) is 8. The van der Waals surface area contributed by atoms with Gasteiger partial charge < -0.3 is 20.5 Å². The highest BCUT2D eigenvalue weighted by molar-refractivity contribution is 5.71. The molecule has 0 atom stereocenters. The lowest BCUT2D eigenvalue weighted by molar-refractivity contribution is 0.0477. The fourth-order valence-corrected chi connectivity index (χ4v) is 5.92. The lowest BCUT2D eigenvalue weighted by Gasteiger charge is -2.45. The van der Waals surface area contributed by atoms with E-state index in [0.29, 0.717) is 17.2 Å². The van der Waals surface area contributed by atoms with Crippen molar-refractivity contribution in [1.82, 2.24) is 10.2 Å². The van der Waals surface area contributed by atoms with Gasteiger partial charge in [-0.25, -0.2) is 0 Å². The highest BCUT2D eigenvalue weighted by atomic mass is 16.5. The van der Waals surface area contributed by atoms with Gasteiger partial charge in [0.2, 0.25) is 0 Å². The SMILES string of the molecule is Cc1c(C#N)ccc(OC2CCC(N)CC2)c1C.O=Cc1ccc(N2CCC3(CCC(O)CC3)CC2)nn1. The number of anilines is 1. The number of aldehydes is 1. The van der Waals surface area contributed by atoms with Crippen LogP contribution in [0.4, 0.5) is 5.82 Å². The first kappa shape index (κ1) is 28.0. The topological polar surface area (TPSA) is 125 Å². The van der Waals surface area contributed by atoms with Gasteiger partial charge in [0.1, 0.15) is 11.4 Å². The second-order valence-electron chi connectivity index (χ2n) is 11.3. The number of nitriles is 1. The molecule has 0 radical (unpaired) electrons. The van der Waals surface area contributed by atoms with Crippen molar-refractivity contribution in [3.8, 4) is 11.8 Å². The average molecular weight is 520 g/mol. The summed E-state index contributed by atoms with van der Waals surface area (Å²) in [4.78, 5) is 12.8. The monoisotopic (exact) mass is 519 g/mol. The summed E-state index contributed by atoms with van der Waals surface area (Å²) < 4.78 is 6.05. The van der Waals surface area contributed by atoms with E-state index in [4.69, 9.17) is 15.7 Å². The van der Waals surface area contributed by atoms with E-state index in [1.807, 2.05) is 32.0 Å². The zero-order chi connectivity index (χ0) is 27.1. The average Bonchev–Trinajstić information content (AvgIpc) is 2.95. The van der Waals surface area contributed by atoms with Gasteiger partial charge in [0.15, 0.2) is 12.1 Å². The summed E-state index contributed by atoms with van der Waals surface area (Å²) in [5.41, 5.74) is 9.52. The zero-order valence-electron chi connectivity index (χ0n) is 22.7. The van der Waals surface area contributed by atoms with Crippen LogP contribution in [0.3, 0.4) is 0 Å². The maximum atomic E-state index is 10.6. The van der Waals surface area contributed by atoms with E-state index in [9.17, 15) is 9.90 Å². The number of piperidine rings is 1. The molecular weight excluding hydrogens is 478 g/mol. The van der Waals surface area contributed by atoms with Gasteiger partial charge in [-0.05, 0) is 119 Å². The molecule has 3 aliphatic rings. The van der Waals surface area contributed by atoms with Gasteiger partial charge in [-0.15, -0.1) is 10.2 Å². The Bertz CT molecular complexity index is 1100. The van der Waals surface area contributed by atoms with Gasteiger partial charge in [-0.3, -0.25) is 4.79 Å². The van der Waals surface area contributed by atoms with Crippen LogP contribution in [0.2, 0.25) is 0 Å². The fraction of sp³-hybridized carbons (Fsp3) is 0.600. The molecule has 204 valence electrons. The van der Waals surface area contributed by atoms with Gasteiger partial charge in [-0.1, -0.05) is 0 Å². The lowest BCUT2D eigenvalue weighted by Crippen LogP contribution is -2.43. The summed E-state index contributed by atoms with van der Waals surface area (Å²) >= 11 is 0. The minimum atomic E-state index is -0.0830. The van der Waals surface area contributed by atoms with Gasteiger partial charge in [0, 0.05) is 19.1 Å². The Kier molecular flexibility index (Phi) is 9.35. The van der Waals surface area contributed by atoms with E-state index in [1.54, 1.807) is 6.07 Å². The minimum Gasteiger partial charge on any atom is -0.490 e. The Labute approximate surface area is 226 Å². The first-order chi connectivity index (χ1) is 18.3. The molecule has 1 spiro atoms. The van der Waals surface area contributed by atoms with E-state index < -0.39 is 0 Å². The van der Waals surface area contributed by atoms with Crippen molar-refractivity contribution in [2.24, 2.45) is 11.1 Å². The van der Waals surface area contributed by atoms with Crippen molar-refractivity contribution in [1.29, 1.82) is 5.26 Å². The van der Waals surface area contributed by atoms with Crippen molar-refractivity contribution in [3.05, 3.63) is 46.6 Å². The van der Waals surface area contributed by atoms with Crippen molar-refractivity contribution < 1.29 is 14.6 Å². The Morgan fingerprint density at radius 3 is 2.26 bits per heavy atom.